The molecular weight excluding hydrogens is 342 g/mol. The summed E-state index contributed by atoms with van der Waals surface area (Å²) >= 11 is 0. The molecule has 0 saturated carbocycles. The van der Waals surface area contributed by atoms with Crippen molar-refractivity contribution in [1.82, 2.24) is 19.6 Å². The molecule has 7 nitrogen and oxygen atoms in total. The lowest BCUT2D eigenvalue weighted by molar-refractivity contribution is -0.141. The zero-order valence-electron chi connectivity index (χ0n) is 16.8. The topological polar surface area (TPSA) is 61.7 Å². The summed E-state index contributed by atoms with van der Waals surface area (Å²) in [6.45, 7) is 4.89. The van der Waals surface area contributed by atoms with Crippen LogP contribution in [0.25, 0.3) is 0 Å². The molecule has 0 saturated heterocycles. The number of benzene rings is 1. The summed E-state index contributed by atoms with van der Waals surface area (Å²) in [4.78, 5) is 30.5. The number of likely N-dealkylation sites (N-methyl/N-ethyl adjacent to an activating group) is 2. The van der Waals surface area contributed by atoms with Crippen LogP contribution in [0.3, 0.4) is 0 Å². The van der Waals surface area contributed by atoms with Gasteiger partial charge in [0.2, 0.25) is 11.8 Å². The predicted molar refractivity (Wildman–Crippen MR) is 106 cm³/mol. The number of carbonyl (C=O) groups is 2. The number of hydrogen-bond acceptors (Lipinski definition) is 4. The molecule has 2 rings (SSSR count). The van der Waals surface area contributed by atoms with Gasteiger partial charge in [-0.05, 0) is 37.6 Å². The zero-order chi connectivity index (χ0) is 20.0. The summed E-state index contributed by atoms with van der Waals surface area (Å²) in [5, 5.41) is 4.10. The monoisotopic (exact) mass is 371 g/mol. The number of aromatic nitrogens is 2. The van der Waals surface area contributed by atoms with Crippen molar-refractivity contribution in [1.29, 1.82) is 0 Å². The maximum absolute atomic E-state index is 12.7. The molecule has 0 aliphatic heterocycles. The van der Waals surface area contributed by atoms with E-state index in [9.17, 15) is 9.59 Å². The second-order valence-electron chi connectivity index (χ2n) is 6.83. The van der Waals surface area contributed by atoms with Gasteiger partial charge in [-0.1, -0.05) is 12.1 Å². The van der Waals surface area contributed by atoms with Gasteiger partial charge in [-0.3, -0.25) is 14.3 Å². The Hall–Kier alpha value is -2.83. The smallest absolute Gasteiger partial charge is 0.247 e. The average Bonchev–Trinajstić information content (AvgIpc) is 3.19. The van der Waals surface area contributed by atoms with Gasteiger partial charge in [0.1, 0.15) is 6.04 Å². The molecule has 0 aliphatic rings. The van der Waals surface area contributed by atoms with E-state index >= 15 is 0 Å². The molecule has 2 amide bonds. The summed E-state index contributed by atoms with van der Waals surface area (Å²) in [7, 11) is 5.64. The molecule has 0 aliphatic carbocycles. The van der Waals surface area contributed by atoms with Gasteiger partial charge < -0.3 is 14.7 Å². The SMILES string of the molecule is CCN(Cc1ccc(N(C)C)cc1)C(=O)CN(C)C(=O)C(C)n1cccn1. The lowest BCUT2D eigenvalue weighted by Crippen LogP contribution is -2.42. The highest BCUT2D eigenvalue weighted by molar-refractivity contribution is 5.86. The van der Waals surface area contributed by atoms with E-state index in [-0.39, 0.29) is 18.4 Å². The minimum Gasteiger partial charge on any atom is -0.378 e. The minimum atomic E-state index is -0.438. The molecule has 2 aromatic rings. The Labute approximate surface area is 161 Å². The second-order valence-corrected chi connectivity index (χ2v) is 6.83. The van der Waals surface area contributed by atoms with E-state index in [0.717, 1.165) is 11.3 Å². The molecule has 1 atom stereocenters. The van der Waals surface area contributed by atoms with Crippen molar-refractivity contribution in [3.63, 3.8) is 0 Å². The van der Waals surface area contributed by atoms with Gasteiger partial charge in [0.05, 0.1) is 6.54 Å². The normalized spacial score (nSPS) is 11.7. The van der Waals surface area contributed by atoms with Crippen LogP contribution in [-0.4, -0.2) is 65.6 Å². The van der Waals surface area contributed by atoms with Crippen LogP contribution in [0, 0.1) is 0 Å². The van der Waals surface area contributed by atoms with Crippen molar-refractivity contribution < 1.29 is 9.59 Å². The maximum atomic E-state index is 12.7. The summed E-state index contributed by atoms with van der Waals surface area (Å²) in [5.41, 5.74) is 2.18. The lowest BCUT2D eigenvalue weighted by atomic mass is 10.2. The lowest BCUT2D eigenvalue weighted by Gasteiger charge is -2.26. The Morgan fingerprint density at radius 2 is 1.81 bits per heavy atom. The third-order valence-electron chi connectivity index (χ3n) is 4.59. The van der Waals surface area contributed by atoms with Crippen LogP contribution in [0.5, 0.6) is 0 Å². The van der Waals surface area contributed by atoms with Crippen LogP contribution in [0.1, 0.15) is 25.5 Å². The van der Waals surface area contributed by atoms with Gasteiger partial charge in [0.25, 0.3) is 0 Å². The van der Waals surface area contributed by atoms with Gasteiger partial charge in [0, 0.05) is 52.3 Å². The van der Waals surface area contributed by atoms with E-state index in [1.54, 1.807) is 42.0 Å². The molecule has 0 bridgehead atoms. The van der Waals surface area contributed by atoms with E-state index < -0.39 is 6.04 Å². The first-order valence-corrected chi connectivity index (χ1v) is 9.11. The van der Waals surface area contributed by atoms with Crippen molar-refractivity contribution >= 4 is 17.5 Å². The van der Waals surface area contributed by atoms with Crippen LogP contribution < -0.4 is 4.90 Å². The Bertz CT molecular complexity index is 740. The number of rotatable bonds is 8. The average molecular weight is 371 g/mol. The molecule has 7 heteroatoms. The van der Waals surface area contributed by atoms with Gasteiger partial charge in [0.15, 0.2) is 0 Å². The summed E-state index contributed by atoms with van der Waals surface area (Å²) < 4.78 is 1.59. The first-order valence-electron chi connectivity index (χ1n) is 9.11. The van der Waals surface area contributed by atoms with Crippen molar-refractivity contribution in [2.75, 3.05) is 39.1 Å². The number of hydrogen-bond donors (Lipinski definition) is 0. The Morgan fingerprint density at radius 3 is 2.33 bits per heavy atom. The fraction of sp³-hybridized carbons (Fsp3) is 0.450. The fourth-order valence-electron chi connectivity index (χ4n) is 2.82. The highest BCUT2D eigenvalue weighted by Gasteiger charge is 2.23. The Kier molecular flexibility index (Phi) is 6.98. The van der Waals surface area contributed by atoms with E-state index in [2.05, 4.69) is 5.10 Å². The number of amides is 2. The molecule has 0 fully saturated rings. The Morgan fingerprint density at radius 1 is 1.15 bits per heavy atom. The molecule has 0 N–H and O–H groups in total. The van der Waals surface area contributed by atoms with E-state index in [1.807, 2.05) is 50.2 Å². The largest absolute Gasteiger partial charge is 0.378 e. The minimum absolute atomic E-state index is 0.0497. The van der Waals surface area contributed by atoms with Gasteiger partial charge in [-0.15, -0.1) is 0 Å². The molecule has 0 spiro atoms. The highest BCUT2D eigenvalue weighted by Crippen LogP contribution is 2.14. The van der Waals surface area contributed by atoms with Crippen LogP contribution in [-0.2, 0) is 16.1 Å². The van der Waals surface area contributed by atoms with Gasteiger partial charge in [-0.25, -0.2) is 0 Å². The highest BCUT2D eigenvalue weighted by atomic mass is 16.2. The quantitative estimate of drug-likeness (QED) is 0.712. The van der Waals surface area contributed by atoms with Gasteiger partial charge >= 0.3 is 0 Å². The molecule has 1 heterocycles. The first kappa shape index (κ1) is 20.5. The van der Waals surface area contributed by atoms with Crippen LogP contribution in [0.15, 0.2) is 42.7 Å². The summed E-state index contributed by atoms with van der Waals surface area (Å²) in [5.74, 6) is -0.212. The van der Waals surface area contributed by atoms with E-state index in [1.165, 1.54) is 4.90 Å². The third kappa shape index (κ3) is 5.32. The molecule has 146 valence electrons. The molecular formula is C20H29N5O2. The maximum Gasteiger partial charge on any atom is 0.247 e. The summed E-state index contributed by atoms with van der Waals surface area (Å²) in [6, 6.07) is 9.46. The van der Waals surface area contributed by atoms with Crippen LogP contribution >= 0.6 is 0 Å². The van der Waals surface area contributed by atoms with Crippen molar-refractivity contribution in [2.45, 2.75) is 26.4 Å². The van der Waals surface area contributed by atoms with E-state index in [0.29, 0.717) is 13.1 Å². The number of carbonyl (C=O) groups excluding carboxylic acids is 2. The fourth-order valence-corrected chi connectivity index (χ4v) is 2.82. The molecule has 1 aromatic carbocycles. The molecule has 0 radical (unpaired) electrons. The predicted octanol–water partition coefficient (Wildman–Crippen LogP) is 2.02. The zero-order valence-corrected chi connectivity index (χ0v) is 16.8. The Balaban J connectivity index is 1.96. The van der Waals surface area contributed by atoms with Crippen LogP contribution in [0.2, 0.25) is 0 Å². The third-order valence-corrected chi connectivity index (χ3v) is 4.59. The van der Waals surface area contributed by atoms with Crippen molar-refractivity contribution in [3.05, 3.63) is 48.3 Å². The second kappa shape index (κ2) is 9.21. The van der Waals surface area contributed by atoms with Gasteiger partial charge in [-0.2, -0.15) is 5.10 Å². The standard InChI is InChI=1S/C20H29N5O2/c1-6-24(14-17-8-10-18(11-9-17)22(3)4)19(26)15-23(5)20(27)16(2)25-13-7-12-21-25/h7-13,16H,6,14-15H2,1-5H3. The van der Waals surface area contributed by atoms with E-state index in [4.69, 9.17) is 0 Å². The number of anilines is 1. The molecule has 27 heavy (non-hydrogen) atoms. The van der Waals surface area contributed by atoms with Crippen LogP contribution in [0.4, 0.5) is 5.69 Å². The molecule has 1 unspecified atom stereocenters. The van der Waals surface area contributed by atoms with Crippen molar-refractivity contribution in [3.8, 4) is 0 Å². The first-order chi connectivity index (χ1) is 12.8. The number of nitrogens with zero attached hydrogens (tertiary/aromatic N) is 5. The van der Waals surface area contributed by atoms with Crippen molar-refractivity contribution in [2.24, 2.45) is 0 Å². The summed E-state index contributed by atoms with van der Waals surface area (Å²) in [6.07, 6.45) is 3.38. The molecule has 1 aromatic heterocycles.